The monoisotopic (exact) mass is 415 g/mol. The standard InChI is InChI=1S/C20H25N5O5/c1-29-17-5-3-2-4-15(17)6-7-18(26)23-16-12-22-25(13-16)14-19(27)21-8-9-24-10-11-30-20(24)28/h2-5,12-13H,6-11,14H2,1H3,(H,21,27)(H,23,26). The molecule has 0 unspecified atom stereocenters. The minimum absolute atomic E-state index is 0.0154. The highest BCUT2D eigenvalue weighted by Crippen LogP contribution is 2.19. The van der Waals surface area contributed by atoms with Crippen LogP contribution in [0.4, 0.5) is 10.5 Å². The SMILES string of the molecule is COc1ccccc1CCC(=O)Nc1cnn(CC(=O)NCCN2CCOC2=O)c1. The first kappa shape index (κ1) is 21.2. The molecule has 10 nitrogen and oxygen atoms in total. The van der Waals surface area contributed by atoms with E-state index in [0.29, 0.717) is 44.8 Å². The zero-order valence-corrected chi connectivity index (χ0v) is 16.8. The number of ether oxygens (including phenoxy) is 2. The highest BCUT2D eigenvalue weighted by molar-refractivity contribution is 5.90. The summed E-state index contributed by atoms with van der Waals surface area (Å²) in [4.78, 5) is 37.1. The van der Waals surface area contributed by atoms with Crippen molar-refractivity contribution in [3.63, 3.8) is 0 Å². The molecule has 2 heterocycles. The summed E-state index contributed by atoms with van der Waals surface area (Å²) >= 11 is 0. The number of nitrogens with one attached hydrogen (secondary N) is 2. The predicted octanol–water partition coefficient (Wildman–Crippen LogP) is 1.03. The molecule has 2 aromatic rings. The molecule has 30 heavy (non-hydrogen) atoms. The highest BCUT2D eigenvalue weighted by atomic mass is 16.6. The maximum atomic E-state index is 12.2. The normalized spacial score (nSPS) is 13.1. The van der Waals surface area contributed by atoms with Gasteiger partial charge in [-0.2, -0.15) is 5.10 Å². The fourth-order valence-electron chi connectivity index (χ4n) is 3.06. The molecule has 0 atom stereocenters. The number of para-hydroxylation sites is 1. The molecule has 0 spiro atoms. The maximum Gasteiger partial charge on any atom is 0.409 e. The molecule has 160 valence electrons. The zero-order chi connectivity index (χ0) is 21.3. The topological polar surface area (TPSA) is 115 Å². The molecule has 1 fully saturated rings. The number of nitrogens with zero attached hydrogens (tertiary/aromatic N) is 3. The smallest absolute Gasteiger partial charge is 0.409 e. The van der Waals surface area contributed by atoms with Crippen molar-refractivity contribution in [1.82, 2.24) is 20.0 Å². The van der Waals surface area contributed by atoms with Crippen molar-refractivity contribution in [3.8, 4) is 5.75 Å². The van der Waals surface area contributed by atoms with Crippen LogP contribution in [0.1, 0.15) is 12.0 Å². The van der Waals surface area contributed by atoms with Gasteiger partial charge in [-0.25, -0.2) is 4.79 Å². The Labute approximate surface area is 174 Å². The van der Waals surface area contributed by atoms with Crippen molar-refractivity contribution in [2.24, 2.45) is 0 Å². The van der Waals surface area contributed by atoms with Gasteiger partial charge in [-0.3, -0.25) is 14.3 Å². The summed E-state index contributed by atoms with van der Waals surface area (Å²) in [6, 6.07) is 7.57. The van der Waals surface area contributed by atoms with Gasteiger partial charge in [0.2, 0.25) is 11.8 Å². The molecule has 1 aliphatic heterocycles. The molecule has 3 amide bonds. The van der Waals surface area contributed by atoms with Crippen LogP contribution in [0.3, 0.4) is 0 Å². The number of anilines is 1. The van der Waals surface area contributed by atoms with E-state index in [1.165, 1.54) is 15.8 Å². The van der Waals surface area contributed by atoms with Crippen LogP contribution in [0.25, 0.3) is 0 Å². The van der Waals surface area contributed by atoms with E-state index < -0.39 is 0 Å². The molecule has 0 aliphatic carbocycles. The van der Waals surface area contributed by atoms with Gasteiger partial charge in [-0.05, 0) is 18.1 Å². The van der Waals surface area contributed by atoms with Crippen molar-refractivity contribution in [2.75, 3.05) is 38.7 Å². The highest BCUT2D eigenvalue weighted by Gasteiger charge is 2.21. The molecule has 1 aliphatic rings. The number of hydrogen-bond donors (Lipinski definition) is 2. The Hall–Kier alpha value is -3.56. The molecule has 0 saturated carbocycles. The number of carbonyl (C=O) groups is 3. The fourth-order valence-corrected chi connectivity index (χ4v) is 3.06. The van der Waals surface area contributed by atoms with Crippen LogP contribution >= 0.6 is 0 Å². The summed E-state index contributed by atoms with van der Waals surface area (Å²) in [5, 5.41) is 9.59. The summed E-state index contributed by atoms with van der Waals surface area (Å²) in [5.74, 6) is 0.368. The van der Waals surface area contributed by atoms with Gasteiger partial charge >= 0.3 is 6.09 Å². The Bertz CT molecular complexity index is 897. The molecule has 10 heteroatoms. The van der Waals surface area contributed by atoms with Crippen LogP contribution in [0.2, 0.25) is 0 Å². The Balaban J connectivity index is 1.39. The third kappa shape index (κ3) is 5.97. The van der Waals surface area contributed by atoms with Crippen LogP contribution in [-0.2, 0) is 27.3 Å². The summed E-state index contributed by atoms with van der Waals surface area (Å²) in [5.41, 5.74) is 1.48. The second-order valence-corrected chi connectivity index (χ2v) is 6.74. The van der Waals surface area contributed by atoms with Crippen molar-refractivity contribution in [2.45, 2.75) is 19.4 Å². The molecule has 0 bridgehead atoms. The van der Waals surface area contributed by atoms with E-state index >= 15 is 0 Å². The Kier molecular flexibility index (Phi) is 7.25. The first-order valence-corrected chi connectivity index (χ1v) is 9.68. The van der Waals surface area contributed by atoms with E-state index in [1.807, 2.05) is 24.3 Å². The molecule has 1 saturated heterocycles. The number of cyclic esters (lactones) is 1. The number of carbonyl (C=O) groups excluding carboxylic acids is 3. The Morgan fingerprint density at radius 2 is 2.10 bits per heavy atom. The second-order valence-electron chi connectivity index (χ2n) is 6.74. The van der Waals surface area contributed by atoms with Crippen molar-refractivity contribution in [3.05, 3.63) is 42.2 Å². The summed E-state index contributed by atoms with van der Waals surface area (Å²) in [7, 11) is 1.60. The summed E-state index contributed by atoms with van der Waals surface area (Å²) in [6.45, 7) is 1.67. The van der Waals surface area contributed by atoms with Crippen LogP contribution < -0.4 is 15.4 Å². The lowest BCUT2D eigenvalue weighted by atomic mass is 10.1. The molecular weight excluding hydrogens is 390 g/mol. The molecule has 3 rings (SSSR count). The number of rotatable bonds is 10. The summed E-state index contributed by atoms with van der Waals surface area (Å²) in [6.07, 6.45) is 3.58. The lowest BCUT2D eigenvalue weighted by Gasteiger charge is -2.12. The lowest BCUT2D eigenvalue weighted by Crippen LogP contribution is -2.36. The average molecular weight is 415 g/mol. The van der Waals surface area contributed by atoms with Crippen LogP contribution in [0, 0.1) is 0 Å². The Morgan fingerprint density at radius 3 is 2.87 bits per heavy atom. The van der Waals surface area contributed by atoms with Gasteiger partial charge in [0, 0.05) is 25.7 Å². The third-order valence-corrected chi connectivity index (χ3v) is 4.59. The van der Waals surface area contributed by atoms with Gasteiger partial charge in [0.25, 0.3) is 0 Å². The number of methoxy groups -OCH3 is 1. The van der Waals surface area contributed by atoms with Crippen molar-refractivity contribution in [1.29, 1.82) is 0 Å². The quantitative estimate of drug-likeness (QED) is 0.599. The lowest BCUT2D eigenvalue weighted by molar-refractivity contribution is -0.121. The van der Waals surface area contributed by atoms with Crippen LogP contribution in [0.15, 0.2) is 36.7 Å². The number of aryl methyl sites for hydroxylation is 1. The number of hydrogen-bond acceptors (Lipinski definition) is 6. The van der Waals surface area contributed by atoms with Gasteiger partial charge in [0.1, 0.15) is 18.9 Å². The van der Waals surface area contributed by atoms with E-state index in [1.54, 1.807) is 13.3 Å². The van der Waals surface area contributed by atoms with Gasteiger partial charge in [-0.1, -0.05) is 18.2 Å². The van der Waals surface area contributed by atoms with E-state index in [2.05, 4.69) is 15.7 Å². The van der Waals surface area contributed by atoms with Gasteiger partial charge in [0.15, 0.2) is 0 Å². The van der Waals surface area contributed by atoms with E-state index in [-0.39, 0.29) is 24.5 Å². The average Bonchev–Trinajstić information content (AvgIpc) is 3.35. The maximum absolute atomic E-state index is 12.2. The number of amides is 3. The second kappa shape index (κ2) is 10.3. The van der Waals surface area contributed by atoms with Gasteiger partial charge < -0.3 is 25.0 Å². The molecular formula is C20H25N5O5. The van der Waals surface area contributed by atoms with Crippen molar-refractivity contribution < 1.29 is 23.9 Å². The minimum Gasteiger partial charge on any atom is -0.496 e. The molecule has 1 aromatic carbocycles. The van der Waals surface area contributed by atoms with Gasteiger partial charge in [-0.15, -0.1) is 0 Å². The molecule has 1 aromatic heterocycles. The molecule has 0 radical (unpaired) electrons. The first-order valence-electron chi connectivity index (χ1n) is 9.68. The number of aromatic nitrogens is 2. The molecule has 2 N–H and O–H groups in total. The fraction of sp³-hybridized carbons (Fsp3) is 0.400. The minimum atomic E-state index is -0.359. The van der Waals surface area contributed by atoms with Crippen LogP contribution in [-0.4, -0.2) is 65.9 Å². The predicted molar refractivity (Wildman–Crippen MR) is 108 cm³/mol. The largest absolute Gasteiger partial charge is 0.496 e. The first-order chi connectivity index (χ1) is 14.5. The summed E-state index contributed by atoms with van der Waals surface area (Å²) < 4.78 is 11.6. The third-order valence-electron chi connectivity index (χ3n) is 4.59. The van der Waals surface area contributed by atoms with Gasteiger partial charge in [0.05, 0.1) is 25.5 Å². The Morgan fingerprint density at radius 1 is 1.27 bits per heavy atom. The zero-order valence-electron chi connectivity index (χ0n) is 16.8. The van der Waals surface area contributed by atoms with E-state index in [9.17, 15) is 14.4 Å². The van der Waals surface area contributed by atoms with Crippen LogP contribution in [0.5, 0.6) is 5.75 Å². The van der Waals surface area contributed by atoms with E-state index in [4.69, 9.17) is 9.47 Å². The van der Waals surface area contributed by atoms with Crippen molar-refractivity contribution >= 4 is 23.6 Å². The van der Waals surface area contributed by atoms with E-state index in [0.717, 1.165) is 11.3 Å². The number of benzene rings is 1.